The van der Waals surface area contributed by atoms with Crippen molar-refractivity contribution in [2.75, 3.05) is 19.7 Å². The summed E-state index contributed by atoms with van der Waals surface area (Å²) in [7, 11) is 1.77. The van der Waals surface area contributed by atoms with Crippen LogP contribution in [0.1, 0.15) is 23.2 Å². The first-order valence-corrected chi connectivity index (χ1v) is 6.17. The Balaban J connectivity index is 1.83. The number of carbonyl (C=O) groups excluding carboxylic acids is 1. The summed E-state index contributed by atoms with van der Waals surface area (Å²) in [6, 6.07) is 0. The molecule has 1 aromatic heterocycles. The van der Waals surface area contributed by atoms with E-state index in [1.54, 1.807) is 29.0 Å². The number of amides is 1. The van der Waals surface area contributed by atoms with Crippen LogP contribution >= 0.6 is 0 Å². The normalized spacial score (nSPS) is 16.6. The zero-order chi connectivity index (χ0) is 13.8. The molecule has 0 aromatic carbocycles. The minimum absolute atomic E-state index is 0.0372. The summed E-state index contributed by atoms with van der Waals surface area (Å²) in [4.78, 5) is 24.3. The molecule has 2 heterocycles. The SMILES string of the molecule is Cn1cc(C(=O)N2CCC(OCC(=O)O)CC2)cn1. The molecule has 19 heavy (non-hydrogen) atoms. The number of aromatic nitrogens is 2. The number of hydrogen-bond acceptors (Lipinski definition) is 4. The van der Waals surface area contributed by atoms with Crippen LogP contribution in [0, 0.1) is 0 Å². The Kier molecular flexibility index (Phi) is 4.16. The minimum Gasteiger partial charge on any atom is -0.480 e. The fourth-order valence-electron chi connectivity index (χ4n) is 2.13. The van der Waals surface area contributed by atoms with Gasteiger partial charge in [0.2, 0.25) is 0 Å². The Morgan fingerprint density at radius 1 is 1.47 bits per heavy atom. The van der Waals surface area contributed by atoms with Crippen molar-refractivity contribution >= 4 is 11.9 Å². The number of aliphatic carboxylic acids is 1. The van der Waals surface area contributed by atoms with Gasteiger partial charge in [0.25, 0.3) is 5.91 Å². The van der Waals surface area contributed by atoms with Gasteiger partial charge in [0, 0.05) is 26.3 Å². The van der Waals surface area contributed by atoms with E-state index in [9.17, 15) is 9.59 Å². The van der Waals surface area contributed by atoms with Crippen molar-refractivity contribution in [2.45, 2.75) is 18.9 Å². The minimum atomic E-state index is -0.964. The Morgan fingerprint density at radius 3 is 2.68 bits per heavy atom. The number of carboxylic acid groups (broad SMARTS) is 1. The molecule has 0 aliphatic carbocycles. The van der Waals surface area contributed by atoms with Gasteiger partial charge in [0.1, 0.15) is 6.61 Å². The molecule has 1 N–H and O–H groups in total. The van der Waals surface area contributed by atoms with Crippen LogP contribution in [0.5, 0.6) is 0 Å². The predicted octanol–water partition coefficient (Wildman–Crippen LogP) is 0.126. The average Bonchev–Trinajstić information content (AvgIpc) is 2.83. The molecule has 1 aliphatic heterocycles. The van der Waals surface area contributed by atoms with Gasteiger partial charge in [-0.1, -0.05) is 0 Å². The maximum Gasteiger partial charge on any atom is 0.329 e. The van der Waals surface area contributed by atoms with E-state index in [0.29, 0.717) is 31.5 Å². The molecule has 1 fully saturated rings. The van der Waals surface area contributed by atoms with Gasteiger partial charge >= 0.3 is 5.97 Å². The predicted molar refractivity (Wildman–Crippen MR) is 65.7 cm³/mol. The third kappa shape index (κ3) is 3.54. The van der Waals surface area contributed by atoms with Gasteiger partial charge < -0.3 is 14.7 Å². The fourth-order valence-corrected chi connectivity index (χ4v) is 2.13. The summed E-state index contributed by atoms with van der Waals surface area (Å²) in [5, 5.41) is 12.5. The number of piperidine rings is 1. The highest BCUT2D eigenvalue weighted by Gasteiger charge is 2.25. The number of hydrogen-bond donors (Lipinski definition) is 1. The molecule has 0 saturated carbocycles. The van der Waals surface area contributed by atoms with Crippen LogP contribution in [0.15, 0.2) is 12.4 Å². The lowest BCUT2D eigenvalue weighted by molar-refractivity contribution is -0.145. The van der Waals surface area contributed by atoms with Crippen molar-refractivity contribution in [3.63, 3.8) is 0 Å². The lowest BCUT2D eigenvalue weighted by Crippen LogP contribution is -2.41. The van der Waals surface area contributed by atoms with E-state index in [1.165, 1.54) is 0 Å². The molecule has 1 saturated heterocycles. The van der Waals surface area contributed by atoms with Gasteiger partial charge in [-0.05, 0) is 12.8 Å². The third-order valence-corrected chi connectivity index (χ3v) is 3.12. The van der Waals surface area contributed by atoms with Crippen molar-refractivity contribution in [2.24, 2.45) is 7.05 Å². The van der Waals surface area contributed by atoms with Crippen molar-refractivity contribution in [1.82, 2.24) is 14.7 Å². The van der Waals surface area contributed by atoms with Gasteiger partial charge in [-0.15, -0.1) is 0 Å². The zero-order valence-corrected chi connectivity index (χ0v) is 10.8. The van der Waals surface area contributed by atoms with Gasteiger partial charge in [0.15, 0.2) is 0 Å². The standard InChI is InChI=1S/C12H17N3O4/c1-14-7-9(6-13-14)12(18)15-4-2-10(3-5-15)19-8-11(16)17/h6-7,10H,2-5,8H2,1H3,(H,16,17). The number of nitrogens with zero attached hydrogens (tertiary/aromatic N) is 3. The number of ether oxygens (including phenoxy) is 1. The molecule has 7 nitrogen and oxygen atoms in total. The highest BCUT2D eigenvalue weighted by molar-refractivity contribution is 5.93. The number of likely N-dealkylation sites (tertiary alicyclic amines) is 1. The van der Waals surface area contributed by atoms with E-state index in [2.05, 4.69) is 5.10 Å². The van der Waals surface area contributed by atoms with Crippen molar-refractivity contribution < 1.29 is 19.4 Å². The topological polar surface area (TPSA) is 84.7 Å². The summed E-state index contributed by atoms with van der Waals surface area (Å²) in [6.07, 6.45) is 4.50. The lowest BCUT2D eigenvalue weighted by atomic mass is 10.1. The van der Waals surface area contributed by atoms with E-state index in [-0.39, 0.29) is 18.6 Å². The van der Waals surface area contributed by atoms with E-state index in [4.69, 9.17) is 9.84 Å². The highest BCUT2D eigenvalue weighted by Crippen LogP contribution is 2.16. The second-order valence-electron chi connectivity index (χ2n) is 4.60. The van der Waals surface area contributed by atoms with E-state index in [0.717, 1.165) is 0 Å². The first kappa shape index (κ1) is 13.5. The van der Waals surface area contributed by atoms with Crippen LogP contribution in [-0.2, 0) is 16.6 Å². The van der Waals surface area contributed by atoms with Crippen LogP contribution in [0.4, 0.5) is 0 Å². The largest absolute Gasteiger partial charge is 0.480 e. The Morgan fingerprint density at radius 2 is 2.16 bits per heavy atom. The fraction of sp³-hybridized carbons (Fsp3) is 0.583. The summed E-state index contributed by atoms with van der Waals surface area (Å²) >= 11 is 0. The Hall–Kier alpha value is -1.89. The number of rotatable bonds is 4. The molecular formula is C12H17N3O4. The average molecular weight is 267 g/mol. The molecule has 1 amide bonds. The van der Waals surface area contributed by atoms with Gasteiger partial charge in [-0.2, -0.15) is 5.10 Å². The second kappa shape index (κ2) is 5.83. The molecule has 0 unspecified atom stereocenters. The smallest absolute Gasteiger partial charge is 0.329 e. The first-order valence-electron chi connectivity index (χ1n) is 6.17. The summed E-state index contributed by atoms with van der Waals surface area (Å²) < 4.78 is 6.82. The van der Waals surface area contributed by atoms with Crippen LogP contribution < -0.4 is 0 Å². The maximum atomic E-state index is 12.1. The van der Waals surface area contributed by atoms with Gasteiger partial charge in [0.05, 0.1) is 17.9 Å². The number of carbonyl (C=O) groups is 2. The molecule has 0 atom stereocenters. The summed E-state index contributed by atoms with van der Waals surface area (Å²) in [5.74, 6) is -1.00. The number of carboxylic acids is 1. The second-order valence-corrected chi connectivity index (χ2v) is 4.60. The van der Waals surface area contributed by atoms with Gasteiger partial charge in [-0.3, -0.25) is 9.48 Å². The molecule has 0 radical (unpaired) electrons. The van der Waals surface area contributed by atoms with Crippen LogP contribution in [0.2, 0.25) is 0 Å². The first-order chi connectivity index (χ1) is 9.06. The van der Waals surface area contributed by atoms with Crippen molar-refractivity contribution in [3.05, 3.63) is 18.0 Å². The Bertz CT molecular complexity index is 463. The quantitative estimate of drug-likeness (QED) is 0.838. The van der Waals surface area contributed by atoms with Crippen LogP contribution in [0.3, 0.4) is 0 Å². The molecule has 1 aliphatic rings. The third-order valence-electron chi connectivity index (χ3n) is 3.12. The molecule has 0 bridgehead atoms. The molecule has 2 rings (SSSR count). The van der Waals surface area contributed by atoms with E-state index in [1.807, 2.05) is 0 Å². The Labute approximate surface area is 110 Å². The van der Waals surface area contributed by atoms with E-state index < -0.39 is 5.97 Å². The summed E-state index contributed by atoms with van der Waals surface area (Å²) in [5.41, 5.74) is 0.576. The van der Waals surface area contributed by atoms with Crippen molar-refractivity contribution in [1.29, 1.82) is 0 Å². The lowest BCUT2D eigenvalue weighted by Gasteiger charge is -2.31. The molecule has 104 valence electrons. The molecule has 1 aromatic rings. The van der Waals surface area contributed by atoms with Crippen molar-refractivity contribution in [3.8, 4) is 0 Å². The zero-order valence-electron chi connectivity index (χ0n) is 10.8. The monoisotopic (exact) mass is 267 g/mol. The number of aryl methyl sites for hydroxylation is 1. The highest BCUT2D eigenvalue weighted by atomic mass is 16.5. The summed E-state index contributed by atoms with van der Waals surface area (Å²) in [6.45, 7) is 0.886. The van der Waals surface area contributed by atoms with Crippen LogP contribution in [-0.4, -0.2) is 57.5 Å². The van der Waals surface area contributed by atoms with E-state index >= 15 is 0 Å². The molecule has 0 spiro atoms. The van der Waals surface area contributed by atoms with Gasteiger partial charge in [-0.25, -0.2) is 4.79 Å². The molecule has 7 heteroatoms. The van der Waals surface area contributed by atoms with Crippen LogP contribution in [0.25, 0.3) is 0 Å². The molecular weight excluding hydrogens is 250 g/mol. The maximum absolute atomic E-state index is 12.1.